The Morgan fingerprint density at radius 2 is 1.89 bits per heavy atom. The third-order valence-electron chi connectivity index (χ3n) is 4.34. The van der Waals surface area contributed by atoms with Crippen LogP contribution in [0.25, 0.3) is 0 Å². The Morgan fingerprint density at radius 1 is 1.17 bits per heavy atom. The second-order valence-corrected chi connectivity index (χ2v) is 5.69. The molecule has 0 aliphatic carbocycles. The lowest BCUT2D eigenvalue weighted by atomic mass is 10.0. The van der Waals surface area contributed by atoms with E-state index >= 15 is 0 Å². The van der Waals surface area contributed by atoms with E-state index in [0.29, 0.717) is 6.61 Å². The van der Waals surface area contributed by atoms with Gasteiger partial charge in [0.2, 0.25) is 0 Å². The second kappa shape index (κ2) is 5.03. The average molecular weight is 254 g/mol. The van der Waals surface area contributed by atoms with E-state index in [0.717, 1.165) is 51.0 Å². The molecule has 102 valence electrons. The number of ether oxygens (including phenoxy) is 1. The first-order valence-electron chi connectivity index (χ1n) is 6.86. The summed E-state index contributed by atoms with van der Waals surface area (Å²) in [5, 5.41) is 1.95. The predicted molar refractivity (Wildman–Crippen MR) is 66.7 cm³/mol. The summed E-state index contributed by atoms with van der Waals surface area (Å²) in [6.07, 6.45) is 0.896. The number of fused-ring (bicyclic) bond motifs is 1. The molecule has 3 fully saturated rings. The number of likely N-dealkylation sites (tertiary alicyclic amines) is 1. The van der Waals surface area contributed by atoms with Crippen molar-refractivity contribution >= 4 is 6.09 Å². The summed E-state index contributed by atoms with van der Waals surface area (Å²) >= 11 is 0. The molecule has 18 heavy (non-hydrogen) atoms. The SMILES string of the molecule is NN1C[C@@H]2CN(CCCN3CCOC3=O)C[C@@H]2C1. The van der Waals surface area contributed by atoms with Crippen molar-refractivity contribution < 1.29 is 9.53 Å². The van der Waals surface area contributed by atoms with Crippen LogP contribution < -0.4 is 5.84 Å². The van der Waals surface area contributed by atoms with Crippen molar-refractivity contribution in [1.29, 1.82) is 0 Å². The lowest BCUT2D eigenvalue weighted by Gasteiger charge is -2.20. The minimum Gasteiger partial charge on any atom is -0.448 e. The van der Waals surface area contributed by atoms with Crippen LogP contribution in [0.3, 0.4) is 0 Å². The summed E-state index contributed by atoms with van der Waals surface area (Å²) < 4.78 is 4.91. The van der Waals surface area contributed by atoms with E-state index in [9.17, 15) is 4.79 Å². The van der Waals surface area contributed by atoms with Crippen molar-refractivity contribution in [2.45, 2.75) is 6.42 Å². The maximum atomic E-state index is 11.3. The first-order chi connectivity index (χ1) is 8.72. The number of carbonyl (C=O) groups excluding carboxylic acids is 1. The molecule has 2 atom stereocenters. The Balaban J connectivity index is 1.36. The topological polar surface area (TPSA) is 62.0 Å². The van der Waals surface area contributed by atoms with E-state index in [1.54, 1.807) is 4.90 Å². The largest absolute Gasteiger partial charge is 0.448 e. The number of nitrogens with zero attached hydrogens (tertiary/aromatic N) is 3. The molecule has 0 saturated carbocycles. The Morgan fingerprint density at radius 3 is 2.50 bits per heavy atom. The van der Waals surface area contributed by atoms with Crippen LogP contribution in [0.5, 0.6) is 0 Å². The van der Waals surface area contributed by atoms with E-state index in [-0.39, 0.29) is 6.09 Å². The van der Waals surface area contributed by atoms with E-state index in [1.165, 1.54) is 13.1 Å². The Labute approximate surface area is 108 Å². The lowest BCUT2D eigenvalue weighted by Crippen LogP contribution is -2.34. The van der Waals surface area contributed by atoms with Crippen molar-refractivity contribution in [2.75, 3.05) is 52.4 Å². The van der Waals surface area contributed by atoms with Gasteiger partial charge in [0.1, 0.15) is 6.61 Å². The normalized spacial score (nSPS) is 33.2. The van der Waals surface area contributed by atoms with Crippen LogP contribution in [0.2, 0.25) is 0 Å². The van der Waals surface area contributed by atoms with Gasteiger partial charge in [0.25, 0.3) is 0 Å². The Bertz CT molecular complexity index is 311. The molecule has 0 aromatic rings. The van der Waals surface area contributed by atoms with Crippen molar-refractivity contribution in [3.8, 4) is 0 Å². The molecule has 0 spiro atoms. The van der Waals surface area contributed by atoms with Crippen LogP contribution in [-0.2, 0) is 4.74 Å². The number of carbonyl (C=O) groups is 1. The van der Waals surface area contributed by atoms with Gasteiger partial charge in [-0.15, -0.1) is 0 Å². The summed E-state index contributed by atoms with van der Waals surface area (Å²) in [4.78, 5) is 15.6. The van der Waals surface area contributed by atoms with E-state index in [1.807, 2.05) is 5.01 Å². The fraction of sp³-hybridized carbons (Fsp3) is 0.917. The first-order valence-corrected chi connectivity index (χ1v) is 6.86. The smallest absolute Gasteiger partial charge is 0.409 e. The Hall–Kier alpha value is -0.850. The van der Waals surface area contributed by atoms with Gasteiger partial charge in [-0.3, -0.25) is 5.84 Å². The summed E-state index contributed by atoms with van der Waals surface area (Å²) in [5.41, 5.74) is 0. The molecule has 2 N–H and O–H groups in total. The lowest BCUT2D eigenvalue weighted by molar-refractivity contribution is 0.156. The highest BCUT2D eigenvalue weighted by Gasteiger charge is 2.38. The minimum absolute atomic E-state index is 0.146. The van der Waals surface area contributed by atoms with Gasteiger partial charge in [0.05, 0.1) is 6.54 Å². The summed E-state index contributed by atoms with van der Waals surface area (Å²) in [6.45, 7) is 7.64. The summed E-state index contributed by atoms with van der Waals surface area (Å²) in [6, 6.07) is 0. The van der Waals surface area contributed by atoms with Crippen LogP contribution in [0.15, 0.2) is 0 Å². The zero-order valence-electron chi connectivity index (χ0n) is 10.8. The molecule has 3 heterocycles. The van der Waals surface area contributed by atoms with Gasteiger partial charge in [0, 0.05) is 32.7 Å². The highest BCUT2D eigenvalue weighted by molar-refractivity contribution is 5.69. The molecule has 0 aromatic carbocycles. The van der Waals surface area contributed by atoms with E-state index in [2.05, 4.69) is 4.90 Å². The van der Waals surface area contributed by atoms with Crippen LogP contribution in [-0.4, -0.2) is 73.3 Å². The van der Waals surface area contributed by atoms with Gasteiger partial charge in [0.15, 0.2) is 0 Å². The highest BCUT2D eigenvalue weighted by atomic mass is 16.6. The molecule has 0 unspecified atom stereocenters. The van der Waals surface area contributed by atoms with Gasteiger partial charge < -0.3 is 14.5 Å². The molecule has 0 bridgehead atoms. The number of amides is 1. The van der Waals surface area contributed by atoms with Gasteiger partial charge in [-0.1, -0.05) is 0 Å². The number of nitrogens with two attached hydrogens (primary N) is 1. The molecule has 3 aliphatic rings. The summed E-state index contributed by atoms with van der Waals surface area (Å²) in [5.74, 6) is 7.34. The van der Waals surface area contributed by atoms with Crippen LogP contribution in [0, 0.1) is 11.8 Å². The van der Waals surface area contributed by atoms with Crippen molar-refractivity contribution in [3.05, 3.63) is 0 Å². The zero-order valence-corrected chi connectivity index (χ0v) is 10.8. The van der Waals surface area contributed by atoms with Gasteiger partial charge >= 0.3 is 6.09 Å². The van der Waals surface area contributed by atoms with Crippen LogP contribution in [0.1, 0.15) is 6.42 Å². The standard InChI is InChI=1S/C12H22N4O2/c13-16-8-10-6-14(7-11(10)9-16)2-1-3-15-4-5-18-12(15)17/h10-11H,1-9,13H2/t10-,11+. The third-order valence-corrected chi connectivity index (χ3v) is 4.34. The monoisotopic (exact) mass is 254 g/mol. The molecule has 0 radical (unpaired) electrons. The second-order valence-electron chi connectivity index (χ2n) is 5.69. The number of rotatable bonds is 4. The molecule has 3 aliphatic heterocycles. The fourth-order valence-corrected chi connectivity index (χ4v) is 3.42. The van der Waals surface area contributed by atoms with Crippen LogP contribution in [0.4, 0.5) is 4.79 Å². The van der Waals surface area contributed by atoms with E-state index < -0.39 is 0 Å². The molecule has 0 aromatic heterocycles. The maximum absolute atomic E-state index is 11.3. The number of hydrogen-bond donors (Lipinski definition) is 1. The van der Waals surface area contributed by atoms with Crippen molar-refractivity contribution in [1.82, 2.24) is 14.8 Å². The molecule has 6 heteroatoms. The molecule has 1 amide bonds. The van der Waals surface area contributed by atoms with Gasteiger partial charge in [-0.2, -0.15) is 0 Å². The zero-order chi connectivity index (χ0) is 12.5. The number of cyclic esters (lactones) is 1. The minimum atomic E-state index is -0.146. The third kappa shape index (κ3) is 2.46. The fourth-order valence-electron chi connectivity index (χ4n) is 3.42. The van der Waals surface area contributed by atoms with E-state index in [4.69, 9.17) is 10.6 Å². The van der Waals surface area contributed by atoms with Gasteiger partial charge in [-0.25, -0.2) is 9.80 Å². The van der Waals surface area contributed by atoms with Crippen molar-refractivity contribution in [2.24, 2.45) is 17.7 Å². The Kier molecular flexibility index (Phi) is 3.41. The molecular formula is C12H22N4O2. The maximum Gasteiger partial charge on any atom is 0.409 e. The average Bonchev–Trinajstić information content (AvgIpc) is 2.94. The molecule has 3 saturated heterocycles. The highest BCUT2D eigenvalue weighted by Crippen LogP contribution is 2.29. The quantitative estimate of drug-likeness (QED) is 0.690. The number of hydrazine groups is 1. The van der Waals surface area contributed by atoms with Crippen LogP contribution >= 0.6 is 0 Å². The molecule has 3 rings (SSSR count). The molecule has 6 nitrogen and oxygen atoms in total. The molecular weight excluding hydrogens is 232 g/mol. The number of hydrogen-bond acceptors (Lipinski definition) is 5. The first kappa shape index (κ1) is 12.2. The summed E-state index contributed by atoms with van der Waals surface area (Å²) in [7, 11) is 0. The van der Waals surface area contributed by atoms with Crippen molar-refractivity contribution in [3.63, 3.8) is 0 Å². The predicted octanol–water partition coefficient (Wildman–Crippen LogP) is -0.434. The van der Waals surface area contributed by atoms with Gasteiger partial charge in [-0.05, 0) is 24.8 Å².